The Morgan fingerprint density at radius 2 is 2.11 bits per heavy atom. The highest BCUT2D eigenvalue weighted by molar-refractivity contribution is 5.84. The van der Waals surface area contributed by atoms with Gasteiger partial charge >= 0.3 is 0 Å². The molecule has 0 radical (unpaired) electrons. The van der Waals surface area contributed by atoms with Crippen molar-refractivity contribution in [2.45, 2.75) is 45.0 Å². The van der Waals surface area contributed by atoms with Crippen LogP contribution in [0, 0.1) is 5.82 Å². The van der Waals surface area contributed by atoms with Crippen LogP contribution in [0.5, 0.6) is 0 Å². The number of aryl methyl sites for hydroxylation is 1. The molecular formula is C26H30FN7O3. The van der Waals surface area contributed by atoms with Gasteiger partial charge in [-0.15, -0.1) is 0 Å². The SMILES string of the molecule is CC(C)n1c(CNc2cnn(C)c2)cc(=O)c2ccc(-c3nc(N[C@@H]4CCOC[C@H]4O)ncc3F)cc21. The molecule has 1 fully saturated rings. The van der Waals surface area contributed by atoms with Crippen molar-refractivity contribution in [3.8, 4) is 11.3 Å². The van der Waals surface area contributed by atoms with Gasteiger partial charge in [0.25, 0.3) is 0 Å². The molecule has 1 aliphatic heterocycles. The van der Waals surface area contributed by atoms with Crippen LogP contribution in [0.2, 0.25) is 0 Å². The average Bonchev–Trinajstić information content (AvgIpc) is 3.29. The molecule has 0 saturated carbocycles. The smallest absolute Gasteiger partial charge is 0.223 e. The minimum Gasteiger partial charge on any atom is -0.389 e. The Hall–Kier alpha value is -3.83. The van der Waals surface area contributed by atoms with Gasteiger partial charge in [0.1, 0.15) is 5.69 Å². The summed E-state index contributed by atoms with van der Waals surface area (Å²) in [4.78, 5) is 21.5. The number of nitrogens with one attached hydrogen (secondary N) is 2. The number of fused-ring (bicyclic) bond motifs is 1. The molecule has 10 nitrogen and oxygen atoms in total. The van der Waals surface area contributed by atoms with Crippen LogP contribution in [0.3, 0.4) is 0 Å². The van der Waals surface area contributed by atoms with Crippen LogP contribution < -0.4 is 16.1 Å². The maximum Gasteiger partial charge on any atom is 0.223 e. The predicted octanol–water partition coefficient (Wildman–Crippen LogP) is 3.09. The lowest BCUT2D eigenvalue weighted by Gasteiger charge is -2.28. The van der Waals surface area contributed by atoms with E-state index >= 15 is 0 Å². The molecule has 0 amide bonds. The number of hydrogen-bond acceptors (Lipinski definition) is 8. The van der Waals surface area contributed by atoms with Crippen molar-refractivity contribution in [2.75, 3.05) is 23.8 Å². The fraction of sp³-hybridized carbons (Fsp3) is 0.385. The van der Waals surface area contributed by atoms with E-state index in [9.17, 15) is 14.3 Å². The summed E-state index contributed by atoms with van der Waals surface area (Å²) < 4.78 is 24.0. The van der Waals surface area contributed by atoms with Crippen molar-refractivity contribution in [3.63, 3.8) is 0 Å². The van der Waals surface area contributed by atoms with Gasteiger partial charge in [0, 0.05) is 48.6 Å². The fourth-order valence-electron chi connectivity index (χ4n) is 4.69. The van der Waals surface area contributed by atoms with Crippen molar-refractivity contribution < 1.29 is 14.2 Å². The Kier molecular flexibility index (Phi) is 6.90. The highest BCUT2D eigenvalue weighted by atomic mass is 19.1. The number of anilines is 2. The van der Waals surface area contributed by atoms with E-state index in [4.69, 9.17) is 4.74 Å². The maximum atomic E-state index is 14.9. The molecular weight excluding hydrogens is 477 g/mol. The highest BCUT2D eigenvalue weighted by Gasteiger charge is 2.25. The summed E-state index contributed by atoms with van der Waals surface area (Å²) in [7, 11) is 1.84. The summed E-state index contributed by atoms with van der Waals surface area (Å²) in [5.74, 6) is -0.358. The third-order valence-electron chi connectivity index (χ3n) is 6.48. The standard InChI is InChI=1S/C26H30FN7O3/c1-15(2)34-18(11-28-17-10-30-33(3)13-17)9-23(35)19-5-4-16(8-22(19)34)25-20(27)12-29-26(32-25)31-21-6-7-37-14-24(21)36/h4-5,8-10,12-13,15,21,24,28,36H,6-7,11,14H2,1-3H3,(H,29,31,32)/t21-,24-/m1/s1. The number of pyridine rings is 1. The van der Waals surface area contributed by atoms with Gasteiger partial charge < -0.3 is 25.0 Å². The largest absolute Gasteiger partial charge is 0.389 e. The van der Waals surface area contributed by atoms with Gasteiger partial charge in [-0.05, 0) is 32.4 Å². The highest BCUT2D eigenvalue weighted by Crippen LogP contribution is 2.28. The van der Waals surface area contributed by atoms with E-state index in [1.807, 2.05) is 27.1 Å². The van der Waals surface area contributed by atoms with Gasteiger partial charge in [-0.25, -0.2) is 14.4 Å². The Bertz CT molecular complexity index is 1480. The van der Waals surface area contributed by atoms with Gasteiger partial charge in [0.2, 0.25) is 5.95 Å². The lowest BCUT2D eigenvalue weighted by atomic mass is 10.1. The number of ether oxygens (including phenoxy) is 1. The van der Waals surface area contributed by atoms with E-state index in [0.29, 0.717) is 36.0 Å². The first-order valence-corrected chi connectivity index (χ1v) is 12.3. The Labute approximate surface area is 213 Å². The Morgan fingerprint density at radius 3 is 2.84 bits per heavy atom. The molecule has 0 spiro atoms. The zero-order valence-electron chi connectivity index (χ0n) is 21.0. The van der Waals surface area contributed by atoms with Crippen LogP contribution in [0.15, 0.2) is 47.7 Å². The molecule has 11 heteroatoms. The molecule has 0 unspecified atom stereocenters. The van der Waals surface area contributed by atoms with E-state index < -0.39 is 11.9 Å². The predicted molar refractivity (Wildman–Crippen MR) is 139 cm³/mol. The summed E-state index contributed by atoms with van der Waals surface area (Å²) in [5.41, 5.74) is 2.86. The number of benzene rings is 1. The van der Waals surface area contributed by atoms with Crippen molar-refractivity contribution in [2.24, 2.45) is 7.05 Å². The minimum atomic E-state index is -0.703. The molecule has 37 heavy (non-hydrogen) atoms. The van der Waals surface area contributed by atoms with Gasteiger partial charge in [-0.1, -0.05) is 6.07 Å². The van der Waals surface area contributed by atoms with Crippen LogP contribution >= 0.6 is 0 Å². The molecule has 0 aliphatic carbocycles. The average molecular weight is 508 g/mol. The topological polar surface area (TPSA) is 119 Å². The van der Waals surface area contributed by atoms with Crippen molar-refractivity contribution in [3.05, 3.63) is 64.6 Å². The number of rotatable bonds is 7. The Balaban J connectivity index is 1.53. The monoisotopic (exact) mass is 507 g/mol. The second-order valence-electron chi connectivity index (χ2n) is 9.52. The third kappa shape index (κ3) is 5.18. The van der Waals surface area contributed by atoms with E-state index in [-0.39, 0.29) is 35.8 Å². The number of nitrogens with zero attached hydrogens (tertiary/aromatic N) is 5. The molecule has 5 rings (SSSR count). The number of aromatic nitrogens is 5. The first-order chi connectivity index (χ1) is 17.8. The van der Waals surface area contributed by atoms with E-state index in [1.54, 1.807) is 35.1 Å². The normalized spacial score (nSPS) is 17.9. The first-order valence-electron chi connectivity index (χ1n) is 12.3. The number of aliphatic hydroxyl groups is 1. The van der Waals surface area contributed by atoms with Gasteiger partial charge in [0.05, 0.1) is 48.9 Å². The number of hydrogen-bond donors (Lipinski definition) is 3. The molecule has 1 aromatic carbocycles. The Morgan fingerprint density at radius 1 is 1.27 bits per heavy atom. The van der Waals surface area contributed by atoms with Crippen LogP contribution in [0.4, 0.5) is 16.0 Å². The molecule has 3 N–H and O–H groups in total. The van der Waals surface area contributed by atoms with Gasteiger partial charge in [-0.3, -0.25) is 9.48 Å². The summed E-state index contributed by atoms with van der Waals surface area (Å²) in [6.45, 7) is 5.23. The van der Waals surface area contributed by atoms with Gasteiger partial charge in [0.15, 0.2) is 11.2 Å². The maximum absolute atomic E-state index is 14.9. The van der Waals surface area contributed by atoms with Crippen molar-refractivity contribution >= 4 is 22.5 Å². The minimum absolute atomic E-state index is 0.0338. The van der Waals surface area contributed by atoms with Crippen LogP contribution in [-0.4, -0.2) is 54.8 Å². The molecule has 194 valence electrons. The van der Waals surface area contributed by atoms with E-state index in [2.05, 4.69) is 30.3 Å². The number of aliphatic hydroxyl groups excluding tert-OH is 1. The van der Waals surface area contributed by atoms with Crippen molar-refractivity contribution in [1.82, 2.24) is 24.3 Å². The molecule has 1 aliphatic rings. The number of halogens is 1. The molecule has 1 saturated heterocycles. The van der Waals surface area contributed by atoms with E-state index in [0.717, 1.165) is 17.6 Å². The molecule has 3 aromatic heterocycles. The van der Waals surface area contributed by atoms with Crippen molar-refractivity contribution in [1.29, 1.82) is 0 Å². The van der Waals surface area contributed by atoms with Crippen LogP contribution in [0.1, 0.15) is 32.0 Å². The third-order valence-corrected chi connectivity index (χ3v) is 6.48. The summed E-state index contributed by atoms with van der Waals surface area (Å²) in [5, 5.41) is 21.3. The molecule has 4 heterocycles. The summed E-state index contributed by atoms with van der Waals surface area (Å²) in [6, 6.07) is 6.58. The first kappa shape index (κ1) is 24.8. The lowest BCUT2D eigenvalue weighted by Crippen LogP contribution is -2.42. The van der Waals surface area contributed by atoms with Crippen LogP contribution in [-0.2, 0) is 18.3 Å². The quantitative estimate of drug-likeness (QED) is 0.349. The summed E-state index contributed by atoms with van der Waals surface area (Å²) in [6.07, 6.45) is 4.58. The molecule has 4 aromatic rings. The molecule has 0 bridgehead atoms. The van der Waals surface area contributed by atoms with E-state index in [1.165, 1.54) is 0 Å². The summed E-state index contributed by atoms with van der Waals surface area (Å²) >= 11 is 0. The van der Waals surface area contributed by atoms with Gasteiger partial charge in [-0.2, -0.15) is 5.10 Å². The second-order valence-corrected chi connectivity index (χ2v) is 9.52. The van der Waals surface area contributed by atoms with Crippen LogP contribution in [0.25, 0.3) is 22.2 Å². The lowest BCUT2D eigenvalue weighted by molar-refractivity contribution is -0.0136. The fourth-order valence-corrected chi connectivity index (χ4v) is 4.69. The second kappa shape index (κ2) is 10.3. The zero-order valence-corrected chi connectivity index (χ0v) is 21.0. The zero-order chi connectivity index (χ0) is 26.1. The molecule has 2 atom stereocenters.